The molecule has 47 heteroatoms. The van der Waals surface area contributed by atoms with Crippen LogP contribution in [0.15, 0.2) is 159 Å². The quantitative estimate of drug-likeness (QED) is 0.0138. The Hall–Kier alpha value is -18.1. The molecule has 0 aliphatic rings. The molecule has 0 aliphatic carbocycles. The number of alkyl halides is 1. The number of hydrogen-bond acceptors (Lipinski definition) is 20. The van der Waals surface area contributed by atoms with Crippen LogP contribution < -0.4 is 74.4 Å². The van der Waals surface area contributed by atoms with Gasteiger partial charge in [-0.15, -0.1) is 11.6 Å². The number of phenols is 1. The van der Waals surface area contributed by atoms with Crippen LogP contribution in [0.2, 0.25) is 0 Å². The molecule has 12 aromatic heterocycles. The van der Waals surface area contributed by atoms with Gasteiger partial charge in [0.25, 0.3) is 65.0 Å². The van der Waals surface area contributed by atoms with Gasteiger partial charge in [-0.1, -0.05) is 24.3 Å². The van der Waals surface area contributed by atoms with Gasteiger partial charge in [0.2, 0.25) is 46.9 Å². The molecular weight excluding hydrogens is 1790 g/mol. The van der Waals surface area contributed by atoms with Crippen LogP contribution in [0.3, 0.4) is 0 Å². The molecule has 0 saturated carbocycles. The first-order valence-electron chi connectivity index (χ1n) is 42.2. The largest absolute Gasteiger partial charge is 0.507 e. The van der Waals surface area contributed by atoms with Crippen molar-refractivity contribution < 1.29 is 77.0 Å². The predicted molar refractivity (Wildman–Crippen MR) is 505 cm³/mol. The van der Waals surface area contributed by atoms with E-state index in [2.05, 4.69) is 99.4 Å². The molecule has 0 bridgehead atoms. The summed E-state index contributed by atoms with van der Waals surface area (Å²) in [4.78, 5) is 219. The van der Waals surface area contributed by atoms with Crippen molar-refractivity contribution in [2.24, 2.45) is 70.5 Å². The van der Waals surface area contributed by atoms with Crippen molar-refractivity contribution in [2.75, 3.05) is 78.1 Å². The Morgan fingerprint density at radius 3 is 1.14 bits per heavy atom. The molecule has 12 heterocycles. The zero-order valence-corrected chi connectivity index (χ0v) is 76.1. The van der Waals surface area contributed by atoms with Crippen molar-refractivity contribution in [3.05, 3.63) is 228 Å². The Morgan fingerprint density at radius 2 is 0.701 bits per heavy atom. The van der Waals surface area contributed by atoms with E-state index in [1.165, 1.54) is 153 Å². The van der Waals surface area contributed by atoms with E-state index < -0.39 is 82.7 Å². The Morgan fingerprint density at radius 1 is 0.343 bits per heavy atom. The number of carbonyl (C=O) groups excluding carboxylic acids is 15. The van der Waals surface area contributed by atoms with E-state index >= 15 is 0 Å². The minimum Gasteiger partial charge on any atom is -0.507 e. The number of benzene rings is 3. The number of fused-ring (bicyclic) bond motifs is 4. The van der Waals surface area contributed by atoms with E-state index in [1.54, 1.807) is 116 Å². The maximum atomic E-state index is 14.1. The molecule has 0 aliphatic heterocycles. The lowest BCUT2D eigenvalue weighted by Gasteiger charge is -2.06. The van der Waals surface area contributed by atoms with E-state index in [9.17, 15) is 77.0 Å². The second-order valence-electron chi connectivity index (χ2n) is 32.3. The van der Waals surface area contributed by atoms with Crippen LogP contribution in [0.1, 0.15) is 154 Å². The molecule has 46 nitrogen and oxygen atoms in total. The first-order chi connectivity index (χ1) is 65.3. The molecule has 14 amide bonds. The Balaban J connectivity index is 0.441. The lowest BCUT2D eigenvalue weighted by molar-refractivity contribution is -0.117. The van der Waals surface area contributed by atoms with Crippen molar-refractivity contribution in [3.63, 3.8) is 0 Å². The van der Waals surface area contributed by atoms with Crippen molar-refractivity contribution in [2.45, 2.75) is 38.5 Å². The average Bonchev–Trinajstić information content (AvgIpc) is 1.59. The van der Waals surface area contributed by atoms with Crippen LogP contribution in [-0.4, -0.2) is 189 Å². The molecular formula is C90H91ClN30O16. The molecule has 0 atom stereocenters. The highest BCUT2D eigenvalue weighted by Crippen LogP contribution is 2.38. The SMILES string of the molecule is CC(=O)Nc1cc(C(=O)Nc2cc(C(=O)Nc3cn(C)c(C(=O)Nc4cc(C(=O)NCCC(=O)Nc5cn(C)c(C(=O)Nc6cn(C)c(C(=O)NCCCC(=O)Nc7cc(C(=O)Nc8cc(C(=O)NCCC(=O)Nc9cn(C)c(C(=O)Nc%10cc(C(=O)Nc%11ccc%12[nH]c(C(=O)n%13cc(CCl)c%14c%15ccccc%15c(O)cc%14%13)cc%12c%11)n(C)c%10)n9)n(C)c8)n(C)c7)n6)n5)n(C)c4)n3)n(C)c2)n(C)c1. The molecule has 0 fully saturated rings. The lowest BCUT2D eigenvalue weighted by Crippen LogP contribution is -2.29. The molecule has 16 N–H and O–H groups in total. The maximum Gasteiger partial charge on any atom is 0.292 e. The van der Waals surface area contributed by atoms with E-state index in [0.717, 1.165) is 16.3 Å². The van der Waals surface area contributed by atoms with Gasteiger partial charge in [-0.3, -0.25) is 76.5 Å². The van der Waals surface area contributed by atoms with E-state index in [0.29, 0.717) is 44.6 Å². The summed E-state index contributed by atoms with van der Waals surface area (Å²) in [6.45, 7) is 1.16. The molecule has 0 spiro atoms. The topological polar surface area (TPSA) is 566 Å². The molecule has 0 radical (unpaired) electrons. The third-order valence-corrected chi connectivity index (χ3v) is 22.2. The molecule has 704 valence electrons. The zero-order chi connectivity index (χ0) is 97.8. The van der Waals surface area contributed by atoms with Crippen LogP contribution in [-0.2, 0) is 95.5 Å². The second-order valence-corrected chi connectivity index (χ2v) is 32.5. The van der Waals surface area contributed by atoms with E-state index in [1.807, 2.05) is 18.2 Å². The number of amides is 14. The van der Waals surface area contributed by atoms with Gasteiger partial charge in [-0.05, 0) is 78.0 Å². The van der Waals surface area contributed by atoms with Crippen LogP contribution in [0.25, 0.3) is 32.6 Å². The number of rotatable bonds is 33. The summed E-state index contributed by atoms with van der Waals surface area (Å²) in [6, 6.07) is 24.4. The van der Waals surface area contributed by atoms with Crippen molar-refractivity contribution in [1.29, 1.82) is 0 Å². The van der Waals surface area contributed by atoms with Gasteiger partial charge in [0.15, 0.2) is 23.3 Å². The molecule has 15 aromatic rings. The summed E-state index contributed by atoms with van der Waals surface area (Å²) in [7, 11) is 15.8. The Kier molecular flexibility index (Phi) is 26.7. The summed E-state index contributed by atoms with van der Waals surface area (Å²) in [5.41, 5.74) is 5.36. The summed E-state index contributed by atoms with van der Waals surface area (Å²) in [6.07, 6.45) is 16.3. The predicted octanol–water partition coefficient (Wildman–Crippen LogP) is 7.76. The third kappa shape index (κ3) is 20.9. The maximum absolute atomic E-state index is 14.1. The van der Waals surface area contributed by atoms with Gasteiger partial charge in [-0.25, -0.2) is 19.9 Å². The number of aromatic amines is 1. The molecule has 0 saturated heterocycles. The smallest absolute Gasteiger partial charge is 0.292 e. The van der Waals surface area contributed by atoms with E-state index in [4.69, 9.17) is 11.6 Å². The molecule has 137 heavy (non-hydrogen) atoms. The van der Waals surface area contributed by atoms with Crippen molar-refractivity contribution in [1.82, 2.24) is 91.1 Å². The number of nitrogens with zero attached hydrogens (tertiary/aromatic N) is 15. The van der Waals surface area contributed by atoms with Crippen molar-refractivity contribution in [3.8, 4) is 5.75 Å². The van der Waals surface area contributed by atoms with Crippen LogP contribution in [0.4, 0.5) is 63.1 Å². The van der Waals surface area contributed by atoms with Gasteiger partial charge >= 0.3 is 0 Å². The number of aromatic hydroxyl groups is 1. The monoisotopic (exact) mass is 1880 g/mol. The number of halogens is 1. The number of hydrogen-bond donors (Lipinski definition) is 16. The fourth-order valence-corrected chi connectivity index (χ4v) is 15.6. The number of aromatic nitrogens is 16. The van der Waals surface area contributed by atoms with Gasteiger partial charge in [0, 0.05) is 224 Å². The van der Waals surface area contributed by atoms with Gasteiger partial charge in [0.05, 0.1) is 39.6 Å². The van der Waals surface area contributed by atoms with Gasteiger partial charge < -0.3 is 130 Å². The summed E-state index contributed by atoms with van der Waals surface area (Å²) >= 11 is 6.36. The number of aryl methyl sites for hydroxylation is 10. The fourth-order valence-electron chi connectivity index (χ4n) is 15.4. The first kappa shape index (κ1) is 93.5. The van der Waals surface area contributed by atoms with Gasteiger partial charge in [-0.2, -0.15) is 0 Å². The number of H-pyrrole nitrogens is 1. The first-order valence-corrected chi connectivity index (χ1v) is 42.7. The molecule has 3 aromatic carbocycles. The van der Waals surface area contributed by atoms with Crippen LogP contribution >= 0.6 is 11.6 Å². The molecule has 0 unspecified atom stereocenters. The summed E-state index contributed by atoms with van der Waals surface area (Å²) in [5, 5.41) is 51.3. The third-order valence-electron chi connectivity index (χ3n) is 21.9. The summed E-state index contributed by atoms with van der Waals surface area (Å²) < 4.78 is 16.0. The normalized spacial score (nSPS) is 11.2. The zero-order valence-electron chi connectivity index (χ0n) is 75.3. The number of imidazole rings is 4. The fraction of sp³-hybridized carbons (Fsp3) is 0.211. The Labute approximate surface area is 780 Å². The van der Waals surface area contributed by atoms with Crippen LogP contribution in [0, 0.1) is 0 Å². The van der Waals surface area contributed by atoms with Crippen LogP contribution in [0.5, 0.6) is 5.75 Å². The Bertz CT molecular complexity index is 7480. The number of carbonyl (C=O) groups is 15. The van der Waals surface area contributed by atoms with E-state index in [-0.39, 0.29) is 166 Å². The highest BCUT2D eigenvalue weighted by molar-refractivity contribution is 6.22. The highest BCUT2D eigenvalue weighted by Gasteiger charge is 2.29. The summed E-state index contributed by atoms with van der Waals surface area (Å²) in [5.74, 6) is -8.27. The van der Waals surface area contributed by atoms with Crippen molar-refractivity contribution >= 4 is 196 Å². The lowest BCUT2D eigenvalue weighted by atomic mass is 10.0. The number of anilines is 11. The minimum absolute atomic E-state index is 0.00407. The highest BCUT2D eigenvalue weighted by atomic mass is 35.5. The second kappa shape index (κ2) is 39.1. The standard InChI is InChI=1S/C90H91ClN30O16/c1-46(122)95-50-27-63(113(4)36-50)83(130)99-53-31-66(116(7)39-53)85(132)109-70-44-120(11)78(108-70)88(135)100-54-30-62(112(3)40-54)81(128)94-24-21-74(126)104-69-43-119(10)79(106-69)89(136)110-71-45-117(8)76(107-71)86(133)92-22-14-17-72(124)96-51-28-64(114(5)37-51)84(131)98-52-29-61(111(2)38-52)80(127)93-23-20-73(125)103-68-42-118(9)77(105-68)87(134)101-55-32-65(115(6)41-55)82(129)97-49-18-19-58-47(25-49)26-59(102-58)90(137)121-35-48(34-91)75-57-16-13-12-15-56(57)67(123)33-60(75)121/h12-13,15-16,18-19,25-33,35-45,102,123H,14,17,20-24,34H2,1-11H3,(H,92,133)(H,93,127)(H,94,128)(H,95,122)(H,96,124)(H,97,129)(H,98,131)(H,99,130)(H,100,135)(H,101,134)(H,103,125)(H,104,126)(H,109,132)(H,110,136). The molecule has 15 rings (SSSR count). The van der Waals surface area contributed by atoms with Gasteiger partial charge in [0.1, 0.15) is 45.6 Å². The minimum atomic E-state index is -0.734. The number of phenolic OH excluding ortho intramolecular Hbond substituents is 1. The average molecular weight is 1880 g/mol. The number of nitrogens with one attached hydrogen (secondary N) is 15.